The second-order valence-electron chi connectivity index (χ2n) is 4.11. The van der Waals surface area contributed by atoms with E-state index in [-0.39, 0.29) is 19.0 Å². The third-order valence-electron chi connectivity index (χ3n) is 2.62. The van der Waals surface area contributed by atoms with E-state index >= 15 is 0 Å². The molecule has 0 fully saturated rings. The van der Waals surface area contributed by atoms with Gasteiger partial charge in [-0.15, -0.1) is 0 Å². The molecule has 0 unspecified atom stereocenters. The number of nitrogens with zero attached hydrogens (tertiary/aromatic N) is 1. The van der Waals surface area contributed by atoms with Crippen molar-refractivity contribution in [1.82, 2.24) is 0 Å². The van der Waals surface area contributed by atoms with Gasteiger partial charge in [-0.25, -0.2) is 9.59 Å². The molecule has 0 amide bonds. The average molecular weight is 309 g/mol. The summed E-state index contributed by atoms with van der Waals surface area (Å²) >= 11 is 0. The zero-order valence-electron chi connectivity index (χ0n) is 12.7. The van der Waals surface area contributed by atoms with E-state index in [0.717, 1.165) is 0 Å². The van der Waals surface area contributed by atoms with E-state index in [0.29, 0.717) is 11.3 Å². The number of esters is 2. The first-order valence-corrected chi connectivity index (χ1v) is 6.76. The van der Waals surface area contributed by atoms with Crippen LogP contribution in [0.2, 0.25) is 0 Å². The number of methoxy groups -OCH3 is 1. The van der Waals surface area contributed by atoms with Gasteiger partial charge in [0.25, 0.3) is 0 Å². The van der Waals surface area contributed by atoms with E-state index in [1.807, 2.05) is 0 Å². The summed E-state index contributed by atoms with van der Waals surface area (Å²) < 4.78 is 14.5. The first-order valence-electron chi connectivity index (χ1n) is 6.76. The predicted octanol–water partition coefficient (Wildman–Crippen LogP) is 1.31. The van der Waals surface area contributed by atoms with Crippen LogP contribution in [0.1, 0.15) is 19.4 Å². The number of rotatable bonds is 7. The molecule has 0 saturated heterocycles. The van der Waals surface area contributed by atoms with Crippen molar-refractivity contribution in [3.8, 4) is 11.5 Å². The average Bonchev–Trinajstić information content (AvgIpc) is 2.49. The molecule has 0 bridgehead atoms. The smallest absolute Gasteiger partial charge is 0.342 e. The normalized spacial score (nSPS) is 10.7. The van der Waals surface area contributed by atoms with Gasteiger partial charge in [-0.05, 0) is 26.0 Å². The van der Waals surface area contributed by atoms with E-state index in [1.165, 1.54) is 19.4 Å². The number of hydrogen-bond acceptors (Lipinski definition) is 7. The van der Waals surface area contributed by atoms with Gasteiger partial charge in [-0.3, -0.25) is 4.99 Å². The minimum atomic E-state index is -1.42. The topological polar surface area (TPSA) is 94.4 Å². The molecule has 120 valence electrons. The third kappa shape index (κ3) is 4.76. The van der Waals surface area contributed by atoms with Crippen molar-refractivity contribution in [2.45, 2.75) is 19.9 Å². The summed E-state index contributed by atoms with van der Waals surface area (Å²) in [7, 11) is 1.47. The summed E-state index contributed by atoms with van der Waals surface area (Å²) in [5.41, 5.74) is 0.333. The molecule has 0 aliphatic rings. The maximum Gasteiger partial charge on any atom is 0.342 e. The zero-order chi connectivity index (χ0) is 16.5. The molecule has 22 heavy (non-hydrogen) atoms. The first kappa shape index (κ1) is 17.5. The van der Waals surface area contributed by atoms with Crippen LogP contribution in [-0.4, -0.2) is 49.6 Å². The molecule has 1 N–H and O–H groups in total. The van der Waals surface area contributed by atoms with Gasteiger partial charge in [0.15, 0.2) is 0 Å². The van der Waals surface area contributed by atoms with Crippen LogP contribution in [0.5, 0.6) is 11.5 Å². The number of carbonyl (C=O) groups is 2. The van der Waals surface area contributed by atoms with E-state index < -0.39 is 18.0 Å². The highest BCUT2D eigenvalue weighted by Crippen LogP contribution is 2.22. The number of aliphatic imine (C=N–C) groups is 1. The standard InChI is InChI=1S/C15H19NO6/c1-4-21-14(18)13(15(19)22-5-2)16-9-10-6-7-11(20-3)8-12(10)17/h6-9,13,17H,4-5H2,1-3H3. The quantitative estimate of drug-likeness (QED) is 0.464. The lowest BCUT2D eigenvalue weighted by Gasteiger charge is -2.10. The van der Waals surface area contributed by atoms with Crippen LogP contribution in [0.3, 0.4) is 0 Å². The molecule has 7 nitrogen and oxygen atoms in total. The maximum atomic E-state index is 11.7. The van der Waals surface area contributed by atoms with Crippen molar-refractivity contribution in [3.63, 3.8) is 0 Å². The SMILES string of the molecule is CCOC(=O)C(N=Cc1ccc(OC)cc1O)C(=O)OCC. The first-order chi connectivity index (χ1) is 10.5. The van der Waals surface area contributed by atoms with Gasteiger partial charge in [0, 0.05) is 17.8 Å². The summed E-state index contributed by atoms with van der Waals surface area (Å²) in [6.07, 6.45) is 1.22. The molecular formula is C15H19NO6. The Bertz CT molecular complexity index is 537. The van der Waals surface area contributed by atoms with Gasteiger partial charge in [0.1, 0.15) is 11.5 Å². The van der Waals surface area contributed by atoms with Crippen LogP contribution in [0, 0.1) is 0 Å². The van der Waals surface area contributed by atoms with Crippen molar-refractivity contribution in [3.05, 3.63) is 23.8 Å². The highest BCUT2D eigenvalue weighted by Gasteiger charge is 2.28. The van der Waals surface area contributed by atoms with Gasteiger partial charge in [-0.2, -0.15) is 0 Å². The summed E-state index contributed by atoms with van der Waals surface area (Å²) in [4.78, 5) is 27.4. The Kier molecular flexibility index (Phi) is 6.88. The Balaban J connectivity index is 2.97. The lowest BCUT2D eigenvalue weighted by molar-refractivity contribution is -0.156. The number of aromatic hydroxyl groups is 1. The van der Waals surface area contributed by atoms with Crippen molar-refractivity contribution < 1.29 is 28.9 Å². The molecule has 0 saturated carbocycles. The Labute approximate surface area is 128 Å². The summed E-state index contributed by atoms with van der Waals surface area (Å²) in [5.74, 6) is -1.22. The molecule has 1 rings (SSSR count). The van der Waals surface area contributed by atoms with E-state index in [1.54, 1.807) is 26.0 Å². The van der Waals surface area contributed by atoms with E-state index in [4.69, 9.17) is 14.2 Å². The summed E-state index contributed by atoms with van der Waals surface area (Å²) in [5, 5.41) is 9.82. The lowest BCUT2D eigenvalue weighted by atomic mass is 10.2. The van der Waals surface area contributed by atoms with Crippen molar-refractivity contribution in [1.29, 1.82) is 0 Å². The molecule has 0 aliphatic heterocycles. The Morgan fingerprint density at radius 2 is 1.82 bits per heavy atom. The number of carbonyl (C=O) groups excluding carboxylic acids is 2. The molecule has 0 radical (unpaired) electrons. The molecule has 1 aromatic carbocycles. The van der Waals surface area contributed by atoms with E-state index in [2.05, 4.69) is 4.99 Å². The van der Waals surface area contributed by atoms with Crippen molar-refractivity contribution >= 4 is 18.2 Å². The minimum absolute atomic E-state index is 0.0884. The minimum Gasteiger partial charge on any atom is -0.507 e. The summed E-state index contributed by atoms with van der Waals surface area (Å²) in [6, 6.07) is 3.14. The predicted molar refractivity (Wildman–Crippen MR) is 79.3 cm³/mol. The van der Waals surface area contributed by atoms with Gasteiger partial charge >= 0.3 is 11.9 Å². The number of phenolic OH excluding ortho intramolecular Hbond substituents is 1. The van der Waals surface area contributed by atoms with Gasteiger partial charge in [0.2, 0.25) is 6.04 Å². The van der Waals surface area contributed by atoms with Crippen LogP contribution in [0.25, 0.3) is 0 Å². The zero-order valence-corrected chi connectivity index (χ0v) is 12.7. The molecule has 0 heterocycles. The molecule has 0 atom stereocenters. The van der Waals surface area contributed by atoms with Gasteiger partial charge in [-0.1, -0.05) is 0 Å². The van der Waals surface area contributed by atoms with Gasteiger partial charge < -0.3 is 19.3 Å². The van der Waals surface area contributed by atoms with Gasteiger partial charge in [0.05, 0.1) is 20.3 Å². The molecular weight excluding hydrogens is 290 g/mol. The molecule has 0 spiro atoms. The molecule has 0 aliphatic carbocycles. The monoisotopic (exact) mass is 309 g/mol. The van der Waals surface area contributed by atoms with Crippen LogP contribution < -0.4 is 4.74 Å². The lowest BCUT2D eigenvalue weighted by Crippen LogP contribution is -2.32. The molecule has 7 heteroatoms. The highest BCUT2D eigenvalue weighted by atomic mass is 16.6. The summed E-state index contributed by atoms with van der Waals surface area (Å²) in [6.45, 7) is 3.49. The van der Waals surface area contributed by atoms with Crippen molar-refractivity contribution in [2.75, 3.05) is 20.3 Å². The van der Waals surface area contributed by atoms with Crippen LogP contribution in [-0.2, 0) is 19.1 Å². The molecule has 0 aromatic heterocycles. The number of benzene rings is 1. The maximum absolute atomic E-state index is 11.7. The van der Waals surface area contributed by atoms with E-state index in [9.17, 15) is 14.7 Å². The fraction of sp³-hybridized carbons (Fsp3) is 0.400. The second kappa shape index (κ2) is 8.66. The number of ether oxygens (including phenoxy) is 3. The van der Waals surface area contributed by atoms with Crippen LogP contribution >= 0.6 is 0 Å². The second-order valence-corrected chi connectivity index (χ2v) is 4.11. The fourth-order valence-corrected chi connectivity index (χ4v) is 1.57. The largest absolute Gasteiger partial charge is 0.507 e. The fourth-order valence-electron chi connectivity index (χ4n) is 1.57. The third-order valence-corrected chi connectivity index (χ3v) is 2.62. The molecule has 1 aromatic rings. The van der Waals surface area contributed by atoms with Crippen LogP contribution in [0.15, 0.2) is 23.2 Å². The number of hydrogen-bond donors (Lipinski definition) is 1. The van der Waals surface area contributed by atoms with Crippen LogP contribution in [0.4, 0.5) is 0 Å². The Morgan fingerprint density at radius 3 is 2.27 bits per heavy atom. The number of phenols is 1. The Hall–Kier alpha value is -2.57. The highest BCUT2D eigenvalue weighted by molar-refractivity contribution is 6.01. The van der Waals surface area contributed by atoms with Crippen molar-refractivity contribution in [2.24, 2.45) is 4.99 Å². The Morgan fingerprint density at radius 1 is 1.23 bits per heavy atom.